The van der Waals surface area contributed by atoms with Crippen molar-refractivity contribution in [3.8, 4) is 0 Å². The molecule has 1 atom stereocenters. The van der Waals surface area contributed by atoms with E-state index >= 15 is 0 Å². The number of halogens is 3. The molecule has 1 aromatic carbocycles. The van der Waals surface area contributed by atoms with Crippen molar-refractivity contribution < 1.29 is 36.4 Å². The highest BCUT2D eigenvalue weighted by molar-refractivity contribution is 7.53. The van der Waals surface area contributed by atoms with E-state index in [1.807, 2.05) is 13.8 Å². The minimum atomic E-state index is -4.47. The molecule has 1 rings (SSSR count). The Bertz CT molecular complexity index is 759. The highest BCUT2D eigenvalue weighted by Crippen LogP contribution is 2.48. The predicted molar refractivity (Wildman–Crippen MR) is 112 cm³/mol. The number of urea groups is 1. The van der Waals surface area contributed by atoms with Gasteiger partial charge in [-0.1, -0.05) is 13.8 Å². The Morgan fingerprint density at radius 1 is 1.06 bits per heavy atom. The maximum atomic E-state index is 12.7. The molecule has 31 heavy (non-hydrogen) atoms. The van der Waals surface area contributed by atoms with Gasteiger partial charge in [0, 0.05) is 12.1 Å². The number of hydrogen-bond donors (Lipinski definition) is 2. The van der Waals surface area contributed by atoms with E-state index in [0.717, 1.165) is 24.3 Å². The zero-order valence-electron chi connectivity index (χ0n) is 18.1. The van der Waals surface area contributed by atoms with Gasteiger partial charge >= 0.3 is 19.8 Å². The highest BCUT2D eigenvalue weighted by atomic mass is 31.2. The van der Waals surface area contributed by atoms with Crippen LogP contribution in [0.25, 0.3) is 0 Å². The average molecular weight is 466 g/mol. The fourth-order valence-electron chi connectivity index (χ4n) is 2.79. The van der Waals surface area contributed by atoms with Gasteiger partial charge in [0.05, 0.1) is 31.0 Å². The van der Waals surface area contributed by atoms with Crippen molar-refractivity contribution in [2.75, 3.05) is 24.7 Å². The van der Waals surface area contributed by atoms with Gasteiger partial charge in [0.1, 0.15) is 0 Å². The van der Waals surface area contributed by atoms with E-state index in [1.165, 1.54) is 0 Å². The summed E-state index contributed by atoms with van der Waals surface area (Å²) in [5.41, 5.74) is -0.683. The van der Waals surface area contributed by atoms with Crippen LogP contribution in [0, 0.1) is 5.92 Å². The molecule has 0 aliphatic heterocycles. The third-order valence-electron chi connectivity index (χ3n) is 4.15. The van der Waals surface area contributed by atoms with Gasteiger partial charge in [-0.05, 0) is 50.5 Å². The summed E-state index contributed by atoms with van der Waals surface area (Å²) in [6.07, 6.45) is -4.36. The largest absolute Gasteiger partial charge is 0.416 e. The number of rotatable bonds is 12. The zero-order valence-corrected chi connectivity index (χ0v) is 19.0. The standard InChI is InChI=1S/C20H30F3N2O5P/c1-5-29-31(28,30-6-2)12-11-18(26)17(13-14(3)4)25-19(27)24-16-9-7-15(8-10-16)20(21,22)23/h7-10,14,17H,5-6,11-13H2,1-4H3,(H2,24,25,27)/t17-/m0/s1. The van der Waals surface area contributed by atoms with E-state index in [-0.39, 0.29) is 43.2 Å². The number of nitrogens with one attached hydrogen (secondary N) is 2. The molecule has 0 radical (unpaired) electrons. The van der Waals surface area contributed by atoms with Crippen molar-refractivity contribution in [1.29, 1.82) is 0 Å². The molecule has 11 heteroatoms. The first-order valence-corrected chi connectivity index (χ1v) is 11.8. The zero-order chi connectivity index (χ0) is 23.7. The maximum Gasteiger partial charge on any atom is 0.416 e. The number of anilines is 1. The van der Waals surface area contributed by atoms with Crippen LogP contribution < -0.4 is 10.6 Å². The van der Waals surface area contributed by atoms with Gasteiger partial charge < -0.3 is 19.7 Å². The minimum Gasteiger partial charge on any atom is -0.328 e. The molecule has 0 aliphatic rings. The number of carbonyl (C=O) groups is 2. The first-order chi connectivity index (χ1) is 14.4. The van der Waals surface area contributed by atoms with Gasteiger partial charge in [-0.15, -0.1) is 0 Å². The monoisotopic (exact) mass is 466 g/mol. The topological polar surface area (TPSA) is 93.7 Å². The number of benzene rings is 1. The Morgan fingerprint density at radius 3 is 2.06 bits per heavy atom. The molecule has 0 saturated heterocycles. The molecule has 0 aromatic heterocycles. The summed E-state index contributed by atoms with van der Waals surface area (Å²) in [4.78, 5) is 25.0. The maximum absolute atomic E-state index is 12.7. The number of Topliss-reactive ketones (excluding diaryl/α,β-unsaturated/α-hetero) is 1. The summed E-state index contributed by atoms with van der Waals surface area (Å²) in [6.45, 7) is 7.44. The summed E-state index contributed by atoms with van der Waals surface area (Å²) in [7, 11) is -3.40. The van der Waals surface area contributed by atoms with Crippen LogP contribution in [0.1, 0.15) is 46.1 Å². The lowest BCUT2D eigenvalue weighted by molar-refractivity contribution is -0.137. The fourth-order valence-corrected chi connectivity index (χ4v) is 4.41. The van der Waals surface area contributed by atoms with Gasteiger partial charge in [-0.2, -0.15) is 13.2 Å². The number of ketones is 1. The van der Waals surface area contributed by atoms with Crippen LogP contribution in [0.5, 0.6) is 0 Å². The fraction of sp³-hybridized carbons (Fsp3) is 0.600. The third-order valence-corrected chi connectivity index (χ3v) is 6.23. The summed E-state index contributed by atoms with van der Waals surface area (Å²) >= 11 is 0. The Labute approximate surface area is 180 Å². The van der Waals surface area contributed by atoms with E-state index in [0.29, 0.717) is 6.42 Å². The lowest BCUT2D eigenvalue weighted by Crippen LogP contribution is -2.44. The molecule has 2 amide bonds. The SMILES string of the molecule is CCOP(=O)(CCC(=O)[C@H](CC(C)C)NC(=O)Nc1ccc(C(F)(F)F)cc1)OCC. The first-order valence-electron chi connectivity index (χ1n) is 10.1. The molecule has 0 unspecified atom stereocenters. The Balaban J connectivity index is 2.77. The van der Waals surface area contributed by atoms with Crippen molar-refractivity contribution >= 4 is 25.1 Å². The second-order valence-corrected chi connectivity index (χ2v) is 9.43. The van der Waals surface area contributed by atoms with E-state index in [4.69, 9.17) is 9.05 Å². The first kappa shape index (κ1) is 27.1. The quantitative estimate of drug-likeness (QED) is 0.399. The molecule has 0 spiro atoms. The second kappa shape index (κ2) is 12.2. The van der Waals surface area contributed by atoms with Crippen LogP contribution in [-0.4, -0.2) is 37.2 Å². The predicted octanol–water partition coefficient (Wildman–Crippen LogP) is 5.47. The van der Waals surface area contributed by atoms with Crippen LogP contribution >= 0.6 is 7.60 Å². The lowest BCUT2D eigenvalue weighted by Gasteiger charge is -2.21. The number of amides is 2. The number of hydrogen-bond acceptors (Lipinski definition) is 5. The van der Waals surface area contributed by atoms with E-state index in [1.54, 1.807) is 13.8 Å². The van der Waals surface area contributed by atoms with Gasteiger partial charge in [0.15, 0.2) is 5.78 Å². The molecule has 0 bridgehead atoms. The molecule has 1 aromatic rings. The highest BCUT2D eigenvalue weighted by Gasteiger charge is 2.30. The van der Waals surface area contributed by atoms with E-state index in [2.05, 4.69) is 10.6 Å². The lowest BCUT2D eigenvalue weighted by atomic mass is 9.99. The van der Waals surface area contributed by atoms with E-state index in [9.17, 15) is 27.3 Å². The van der Waals surface area contributed by atoms with Gasteiger partial charge in [-0.25, -0.2) is 4.79 Å². The summed E-state index contributed by atoms with van der Waals surface area (Å²) < 4.78 is 60.8. The molecule has 0 fully saturated rings. The van der Waals surface area contributed by atoms with Gasteiger partial charge in [0.25, 0.3) is 0 Å². The summed E-state index contributed by atoms with van der Waals surface area (Å²) in [6, 6.07) is 2.38. The van der Waals surface area contributed by atoms with E-state index < -0.39 is 31.4 Å². The molecule has 2 N–H and O–H groups in total. The molecule has 0 aliphatic carbocycles. The molecular formula is C20H30F3N2O5P. The molecule has 0 heterocycles. The number of carbonyl (C=O) groups excluding carboxylic acids is 2. The molecule has 176 valence electrons. The van der Waals surface area contributed by atoms with Crippen molar-refractivity contribution in [1.82, 2.24) is 5.32 Å². The van der Waals surface area contributed by atoms with Crippen LogP contribution in [0.4, 0.5) is 23.7 Å². The minimum absolute atomic E-state index is 0.0749. The molecule has 0 saturated carbocycles. The molecule has 7 nitrogen and oxygen atoms in total. The Hall–Kier alpha value is -1.90. The van der Waals surface area contributed by atoms with Gasteiger partial charge in [-0.3, -0.25) is 9.36 Å². The van der Waals surface area contributed by atoms with Crippen LogP contribution in [-0.2, 0) is 24.6 Å². The van der Waals surface area contributed by atoms with Crippen LogP contribution in [0.15, 0.2) is 24.3 Å². The second-order valence-electron chi connectivity index (χ2n) is 7.24. The number of alkyl halides is 3. The average Bonchev–Trinajstić information content (AvgIpc) is 2.65. The van der Waals surface area contributed by atoms with Gasteiger partial charge in [0.2, 0.25) is 0 Å². The smallest absolute Gasteiger partial charge is 0.328 e. The third kappa shape index (κ3) is 9.84. The summed E-state index contributed by atoms with van der Waals surface area (Å²) in [5, 5.41) is 4.97. The Kier molecular flexibility index (Phi) is 10.7. The van der Waals surface area contributed by atoms with Crippen molar-refractivity contribution in [3.63, 3.8) is 0 Å². The van der Waals surface area contributed by atoms with Crippen molar-refractivity contribution in [2.45, 2.75) is 52.8 Å². The normalized spacial score (nSPS) is 13.2. The molecular weight excluding hydrogens is 436 g/mol. The van der Waals surface area contributed by atoms with Crippen LogP contribution in [0.3, 0.4) is 0 Å². The Morgan fingerprint density at radius 2 is 1.61 bits per heavy atom. The summed E-state index contributed by atoms with van der Waals surface area (Å²) in [5.74, 6) is -0.262. The van der Waals surface area contributed by atoms with Crippen molar-refractivity contribution in [3.05, 3.63) is 29.8 Å². The van der Waals surface area contributed by atoms with Crippen LogP contribution in [0.2, 0.25) is 0 Å². The van der Waals surface area contributed by atoms with Crippen molar-refractivity contribution in [2.24, 2.45) is 5.92 Å².